The molecule has 0 aliphatic rings. The first-order chi connectivity index (χ1) is 14.7. The Morgan fingerprint density at radius 3 is 2.16 bits per heavy atom. The van der Waals surface area contributed by atoms with Crippen LogP contribution in [0.2, 0.25) is 0 Å². The number of halogens is 3. The van der Waals surface area contributed by atoms with Gasteiger partial charge in [0.25, 0.3) is 11.8 Å². The highest BCUT2D eigenvalue weighted by atomic mass is 19.4. The molecule has 0 saturated heterocycles. The van der Waals surface area contributed by atoms with Crippen LogP contribution < -0.4 is 15.4 Å². The normalized spacial score (nSPS) is 10.8. The Kier molecular flexibility index (Phi) is 8.42. The lowest BCUT2D eigenvalue weighted by molar-refractivity contribution is -0.147. The number of hydrogen-bond donors (Lipinski definition) is 2. The standard InChI is InChI=1S/C21H21F3N2O5/c1-30-17-8-2-14(3-9-17)10-11-25-18(27)13-31-19(28)12-26-20(29)15-4-6-16(7-5-15)21(22,23)24/h2-9H,10-13H2,1H3,(H,25,27)(H,26,29). The van der Waals surface area contributed by atoms with Crippen LogP contribution in [0.3, 0.4) is 0 Å². The highest BCUT2D eigenvalue weighted by Crippen LogP contribution is 2.29. The molecule has 31 heavy (non-hydrogen) atoms. The fraction of sp³-hybridized carbons (Fsp3) is 0.286. The van der Waals surface area contributed by atoms with Crippen molar-refractivity contribution in [2.24, 2.45) is 0 Å². The Balaban J connectivity index is 1.65. The highest BCUT2D eigenvalue weighted by molar-refractivity contribution is 5.96. The fourth-order valence-electron chi connectivity index (χ4n) is 2.45. The second kappa shape index (κ2) is 11.0. The predicted octanol–water partition coefficient (Wildman–Crippen LogP) is 2.35. The topological polar surface area (TPSA) is 93.7 Å². The van der Waals surface area contributed by atoms with Crippen molar-refractivity contribution in [3.8, 4) is 5.75 Å². The zero-order valence-corrected chi connectivity index (χ0v) is 16.6. The van der Waals surface area contributed by atoms with Crippen molar-refractivity contribution in [1.82, 2.24) is 10.6 Å². The first-order valence-corrected chi connectivity index (χ1v) is 9.19. The van der Waals surface area contributed by atoms with E-state index in [2.05, 4.69) is 10.6 Å². The lowest BCUT2D eigenvalue weighted by atomic mass is 10.1. The lowest BCUT2D eigenvalue weighted by Gasteiger charge is -2.09. The van der Waals surface area contributed by atoms with Crippen LogP contribution >= 0.6 is 0 Å². The van der Waals surface area contributed by atoms with E-state index in [0.717, 1.165) is 35.6 Å². The molecule has 0 spiro atoms. The van der Waals surface area contributed by atoms with E-state index in [0.29, 0.717) is 13.0 Å². The Morgan fingerprint density at radius 2 is 1.58 bits per heavy atom. The number of ether oxygens (including phenoxy) is 2. The molecule has 10 heteroatoms. The maximum atomic E-state index is 12.5. The Labute approximate surface area is 176 Å². The molecule has 2 aromatic carbocycles. The molecule has 0 saturated carbocycles. The van der Waals surface area contributed by atoms with Crippen molar-refractivity contribution >= 4 is 17.8 Å². The highest BCUT2D eigenvalue weighted by Gasteiger charge is 2.30. The quantitative estimate of drug-likeness (QED) is 0.587. The zero-order valence-electron chi connectivity index (χ0n) is 16.6. The SMILES string of the molecule is COc1ccc(CCNC(=O)COC(=O)CNC(=O)c2ccc(C(F)(F)F)cc2)cc1. The Hall–Kier alpha value is -3.56. The molecule has 0 unspecified atom stereocenters. The summed E-state index contributed by atoms with van der Waals surface area (Å²) in [5, 5.41) is 4.81. The fourth-order valence-corrected chi connectivity index (χ4v) is 2.45. The van der Waals surface area contributed by atoms with Gasteiger partial charge in [-0.15, -0.1) is 0 Å². The van der Waals surface area contributed by atoms with Gasteiger partial charge in [0.05, 0.1) is 12.7 Å². The first-order valence-electron chi connectivity index (χ1n) is 9.19. The third-order valence-corrected chi connectivity index (χ3v) is 4.13. The van der Waals surface area contributed by atoms with Crippen LogP contribution in [0.4, 0.5) is 13.2 Å². The summed E-state index contributed by atoms with van der Waals surface area (Å²) in [5.74, 6) is -1.37. The van der Waals surface area contributed by atoms with Crippen molar-refractivity contribution in [1.29, 1.82) is 0 Å². The summed E-state index contributed by atoms with van der Waals surface area (Å²) in [6.07, 6.45) is -3.93. The molecule has 0 fully saturated rings. The van der Waals surface area contributed by atoms with Gasteiger partial charge in [-0.2, -0.15) is 13.2 Å². The molecule has 2 N–H and O–H groups in total. The van der Waals surface area contributed by atoms with E-state index in [1.54, 1.807) is 19.2 Å². The molecule has 0 aliphatic heterocycles. The predicted molar refractivity (Wildman–Crippen MR) is 104 cm³/mol. The smallest absolute Gasteiger partial charge is 0.416 e. The summed E-state index contributed by atoms with van der Waals surface area (Å²) in [6.45, 7) is -0.704. The average Bonchev–Trinajstić information content (AvgIpc) is 2.76. The third kappa shape index (κ3) is 8.00. The minimum atomic E-state index is -4.51. The van der Waals surface area contributed by atoms with Gasteiger partial charge in [0.1, 0.15) is 12.3 Å². The van der Waals surface area contributed by atoms with Gasteiger partial charge in [-0.05, 0) is 48.4 Å². The monoisotopic (exact) mass is 438 g/mol. The van der Waals surface area contributed by atoms with E-state index >= 15 is 0 Å². The first kappa shape index (κ1) is 23.7. The van der Waals surface area contributed by atoms with Crippen molar-refractivity contribution in [3.63, 3.8) is 0 Å². The molecule has 0 atom stereocenters. The number of alkyl halides is 3. The van der Waals surface area contributed by atoms with Gasteiger partial charge in [0.15, 0.2) is 6.61 Å². The average molecular weight is 438 g/mol. The number of rotatable bonds is 9. The molecule has 0 aliphatic carbocycles. The summed E-state index contributed by atoms with van der Waals surface area (Å²) in [5.41, 5.74) is 0.0580. The van der Waals surface area contributed by atoms with E-state index < -0.39 is 42.7 Å². The maximum Gasteiger partial charge on any atom is 0.416 e. The number of hydrogen-bond acceptors (Lipinski definition) is 5. The van der Waals surface area contributed by atoms with Crippen LogP contribution in [0, 0.1) is 0 Å². The molecular formula is C21H21F3N2O5. The van der Waals surface area contributed by atoms with Gasteiger partial charge in [0.2, 0.25) is 0 Å². The molecule has 2 aromatic rings. The summed E-state index contributed by atoms with van der Waals surface area (Å²) < 4.78 is 47.4. The van der Waals surface area contributed by atoms with Crippen molar-refractivity contribution in [2.75, 3.05) is 26.8 Å². The van der Waals surface area contributed by atoms with Crippen molar-refractivity contribution in [3.05, 3.63) is 65.2 Å². The van der Waals surface area contributed by atoms with Gasteiger partial charge in [-0.3, -0.25) is 14.4 Å². The molecule has 0 aromatic heterocycles. The van der Waals surface area contributed by atoms with Gasteiger partial charge in [-0.25, -0.2) is 0 Å². The van der Waals surface area contributed by atoms with Crippen LogP contribution in [0.15, 0.2) is 48.5 Å². The van der Waals surface area contributed by atoms with E-state index in [1.165, 1.54) is 0 Å². The summed E-state index contributed by atoms with van der Waals surface area (Å²) in [6, 6.07) is 10.9. The molecule has 0 bridgehead atoms. The summed E-state index contributed by atoms with van der Waals surface area (Å²) >= 11 is 0. The third-order valence-electron chi connectivity index (χ3n) is 4.13. The van der Waals surface area contributed by atoms with Crippen molar-refractivity contribution < 1.29 is 37.0 Å². The van der Waals surface area contributed by atoms with Crippen LogP contribution in [0.5, 0.6) is 5.75 Å². The van der Waals surface area contributed by atoms with Crippen LogP contribution in [-0.4, -0.2) is 44.6 Å². The second-order valence-electron chi connectivity index (χ2n) is 6.37. The second-order valence-corrected chi connectivity index (χ2v) is 6.37. The number of nitrogens with one attached hydrogen (secondary N) is 2. The van der Waals surface area contributed by atoms with Crippen LogP contribution in [0.25, 0.3) is 0 Å². The Bertz CT molecular complexity index is 897. The number of methoxy groups -OCH3 is 1. The van der Waals surface area contributed by atoms with E-state index in [9.17, 15) is 27.6 Å². The number of amides is 2. The van der Waals surface area contributed by atoms with Crippen LogP contribution in [0.1, 0.15) is 21.5 Å². The number of benzene rings is 2. The van der Waals surface area contributed by atoms with Gasteiger partial charge >= 0.3 is 12.1 Å². The summed E-state index contributed by atoms with van der Waals surface area (Å²) in [4.78, 5) is 35.2. The van der Waals surface area contributed by atoms with E-state index in [1.807, 2.05) is 12.1 Å². The number of esters is 1. The molecule has 166 valence electrons. The summed E-state index contributed by atoms with van der Waals surface area (Å²) in [7, 11) is 1.57. The minimum absolute atomic E-state index is 0.0444. The maximum absolute atomic E-state index is 12.5. The zero-order chi connectivity index (χ0) is 22.9. The van der Waals surface area contributed by atoms with Gasteiger partial charge < -0.3 is 20.1 Å². The van der Waals surface area contributed by atoms with Crippen molar-refractivity contribution in [2.45, 2.75) is 12.6 Å². The van der Waals surface area contributed by atoms with Gasteiger partial charge in [0, 0.05) is 12.1 Å². The molecule has 7 nitrogen and oxygen atoms in total. The van der Waals surface area contributed by atoms with E-state index in [4.69, 9.17) is 9.47 Å². The molecule has 0 heterocycles. The number of carbonyl (C=O) groups excluding carboxylic acids is 3. The Morgan fingerprint density at radius 1 is 0.935 bits per heavy atom. The number of carbonyl (C=O) groups is 3. The molecule has 2 amide bonds. The minimum Gasteiger partial charge on any atom is -0.497 e. The molecular weight excluding hydrogens is 417 g/mol. The lowest BCUT2D eigenvalue weighted by Crippen LogP contribution is -2.34. The molecule has 2 rings (SSSR count). The van der Waals surface area contributed by atoms with Crippen LogP contribution in [-0.2, 0) is 26.9 Å². The molecule has 0 radical (unpaired) electrons. The van der Waals surface area contributed by atoms with E-state index in [-0.39, 0.29) is 5.56 Å². The van der Waals surface area contributed by atoms with Gasteiger partial charge in [-0.1, -0.05) is 12.1 Å². The largest absolute Gasteiger partial charge is 0.497 e.